The van der Waals surface area contributed by atoms with Crippen molar-refractivity contribution >= 4 is 33.4 Å². The summed E-state index contributed by atoms with van der Waals surface area (Å²) in [6.07, 6.45) is 1.33. The largest absolute Gasteiger partial charge is 0.388 e. The van der Waals surface area contributed by atoms with Gasteiger partial charge in [-0.2, -0.15) is 5.26 Å². The zero-order valence-electron chi connectivity index (χ0n) is 11.4. The van der Waals surface area contributed by atoms with Crippen LogP contribution in [0.3, 0.4) is 0 Å². The van der Waals surface area contributed by atoms with Gasteiger partial charge < -0.3 is 16.0 Å². The molecule has 0 aliphatic carbocycles. The number of hydrogen-bond donors (Lipinski definition) is 3. The summed E-state index contributed by atoms with van der Waals surface area (Å²) in [6, 6.07) is 8.85. The zero-order valence-corrected chi connectivity index (χ0v) is 13.0. The maximum Gasteiger partial charge on any atom is 0.267 e. The van der Waals surface area contributed by atoms with Crippen LogP contribution in [0.4, 0.5) is 5.69 Å². The van der Waals surface area contributed by atoms with Crippen molar-refractivity contribution in [2.24, 2.45) is 0 Å². The Morgan fingerprint density at radius 3 is 2.52 bits per heavy atom. The summed E-state index contributed by atoms with van der Waals surface area (Å²) in [4.78, 5) is 22.5. The minimum atomic E-state index is -0.494. The van der Waals surface area contributed by atoms with Gasteiger partial charge in [-0.3, -0.25) is 9.59 Å². The number of amides is 2. The maximum atomic E-state index is 11.9. The summed E-state index contributed by atoms with van der Waals surface area (Å²) < 4.78 is 0.899. The van der Waals surface area contributed by atoms with Gasteiger partial charge in [-0.05, 0) is 24.3 Å². The van der Waals surface area contributed by atoms with E-state index in [4.69, 9.17) is 5.26 Å². The molecule has 0 aliphatic rings. The van der Waals surface area contributed by atoms with Gasteiger partial charge in [-0.15, -0.1) is 0 Å². The number of hydrogen-bond acceptors (Lipinski definition) is 4. The Morgan fingerprint density at radius 2 is 1.95 bits per heavy atom. The summed E-state index contributed by atoms with van der Waals surface area (Å²) >= 11 is 3.30. The van der Waals surface area contributed by atoms with Gasteiger partial charge in [-0.1, -0.05) is 15.9 Å². The molecule has 1 aromatic rings. The topological polar surface area (TPSA) is 94.0 Å². The second-order valence-electron chi connectivity index (χ2n) is 4.07. The zero-order chi connectivity index (χ0) is 15.7. The molecular formula is C14H15BrN4O2. The Kier molecular flexibility index (Phi) is 6.98. The number of nitrogens with one attached hydrogen (secondary N) is 3. The van der Waals surface area contributed by atoms with Crippen molar-refractivity contribution in [1.29, 1.82) is 5.26 Å². The fraction of sp³-hybridized carbons (Fsp3) is 0.214. The number of carbonyl (C=O) groups is 2. The standard InChI is InChI=1S/C14H15BrN4O2/c1-10(20)18-7-6-17-9-11(8-16)14(21)19-13-4-2-12(15)3-5-13/h2-5,9,17H,6-7H2,1H3,(H,18,20)(H,19,21)/b11-9-. The van der Waals surface area contributed by atoms with Crippen molar-refractivity contribution in [3.63, 3.8) is 0 Å². The van der Waals surface area contributed by atoms with Crippen LogP contribution in [0.1, 0.15) is 6.92 Å². The molecule has 0 saturated heterocycles. The highest BCUT2D eigenvalue weighted by Gasteiger charge is 2.08. The highest BCUT2D eigenvalue weighted by Crippen LogP contribution is 2.14. The first-order valence-electron chi connectivity index (χ1n) is 6.18. The van der Waals surface area contributed by atoms with E-state index >= 15 is 0 Å². The van der Waals surface area contributed by atoms with Gasteiger partial charge >= 0.3 is 0 Å². The van der Waals surface area contributed by atoms with Crippen molar-refractivity contribution in [2.75, 3.05) is 18.4 Å². The Hall–Kier alpha value is -2.33. The Morgan fingerprint density at radius 1 is 1.29 bits per heavy atom. The molecule has 0 spiro atoms. The van der Waals surface area contributed by atoms with E-state index in [-0.39, 0.29) is 11.5 Å². The molecule has 1 aromatic carbocycles. The number of nitrogens with zero attached hydrogens (tertiary/aromatic N) is 1. The number of halogens is 1. The van der Waals surface area contributed by atoms with E-state index in [0.29, 0.717) is 18.8 Å². The maximum absolute atomic E-state index is 11.9. The average Bonchev–Trinajstić information content (AvgIpc) is 2.45. The molecule has 0 radical (unpaired) electrons. The lowest BCUT2D eigenvalue weighted by Crippen LogP contribution is -2.28. The number of carbonyl (C=O) groups excluding carboxylic acids is 2. The van der Waals surface area contributed by atoms with E-state index in [9.17, 15) is 9.59 Å². The first kappa shape index (κ1) is 16.7. The lowest BCUT2D eigenvalue weighted by atomic mass is 10.2. The van der Waals surface area contributed by atoms with Crippen LogP contribution in [0.5, 0.6) is 0 Å². The summed E-state index contributed by atoms with van der Waals surface area (Å²) in [5.41, 5.74) is 0.559. The highest BCUT2D eigenvalue weighted by molar-refractivity contribution is 9.10. The van der Waals surface area contributed by atoms with Crippen LogP contribution in [-0.4, -0.2) is 24.9 Å². The van der Waals surface area contributed by atoms with Gasteiger partial charge in [0.25, 0.3) is 5.91 Å². The molecule has 0 aliphatic heterocycles. The molecule has 0 fully saturated rings. The van der Waals surface area contributed by atoms with Crippen LogP contribution in [0, 0.1) is 11.3 Å². The molecule has 1 rings (SSSR count). The molecule has 0 saturated carbocycles. The number of anilines is 1. The monoisotopic (exact) mass is 350 g/mol. The summed E-state index contributed by atoms with van der Waals surface area (Å²) in [6.45, 7) is 2.26. The number of nitriles is 1. The Bertz CT molecular complexity index is 576. The molecule has 0 bridgehead atoms. The molecule has 0 atom stereocenters. The van der Waals surface area contributed by atoms with Gasteiger partial charge in [-0.25, -0.2) is 0 Å². The van der Waals surface area contributed by atoms with Crippen molar-refractivity contribution in [3.8, 4) is 6.07 Å². The van der Waals surface area contributed by atoms with Crippen molar-refractivity contribution in [2.45, 2.75) is 6.92 Å². The minimum Gasteiger partial charge on any atom is -0.388 e. The predicted molar refractivity (Wildman–Crippen MR) is 83.2 cm³/mol. The third-order valence-electron chi connectivity index (χ3n) is 2.36. The second-order valence-corrected chi connectivity index (χ2v) is 4.98. The highest BCUT2D eigenvalue weighted by atomic mass is 79.9. The van der Waals surface area contributed by atoms with Crippen LogP contribution < -0.4 is 16.0 Å². The van der Waals surface area contributed by atoms with Crippen LogP contribution in [0.25, 0.3) is 0 Å². The van der Waals surface area contributed by atoms with Gasteiger partial charge in [0.2, 0.25) is 5.91 Å². The summed E-state index contributed by atoms with van der Waals surface area (Å²) in [7, 11) is 0. The minimum absolute atomic E-state index is 0.0410. The molecule has 2 amide bonds. The predicted octanol–water partition coefficient (Wildman–Crippen LogP) is 1.52. The van der Waals surface area contributed by atoms with Crippen LogP contribution in [0.15, 0.2) is 40.5 Å². The van der Waals surface area contributed by atoms with Crippen molar-refractivity contribution in [1.82, 2.24) is 10.6 Å². The van der Waals surface area contributed by atoms with Gasteiger partial charge in [0, 0.05) is 36.4 Å². The normalized spacial score (nSPS) is 10.4. The van der Waals surface area contributed by atoms with E-state index in [1.807, 2.05) is 6.07 Å². The molecular weight excluding hydrogens is 336 g/mol. The molecule has 7 heteroatoms. The molecule has 0 heterocycles. The SMILES string of the molecule is CC(=O)NCCN/C=C(/C#N)C(=O)Nc1ccc(Br)cc1. The molecule has 6 nitrogen and oxygen atoms in total. The number of rotatable bonds is 6. The summed E-state index contributed by atoms with van der Waals surface area (Å²) in [5.74, 6) is -0.624. The first-order chi connectivity index (χ1) is 10.0. The lowest BCUT2D eigenvalue weighted by Gasteiger charge is -2.05. The van der Waals surface area contributed by atoms with Crippen molar-refractivity contribution < 1.29 is 9.59 Å². The number of benzene rings is 1. The lowest BCUT2D eigenvalue weighted by molar-refractivity contribution is -0.119. The first-order valence-corrected chi connectivity index (χ1v) is 6.97. The molecule has 21 heavy (non-hydrogen) atoms. The van der Waals surface area contributed by atoms with Crippen molar-refractivity contribution in [3.05, 3.63) is 40.5 Å². The van der Waals surface area contributed by atoms with E-state index in [1.54, 1.807) is 24.3 Å². The van der Waals surface area contributed by atoms with Crippen LogP contribution in [-0.2, 0) is 9.59 Å². The van der Waals surface area contributed by atoms with Gasteiger partial charge in [0.05, 0.1) is 0 Å². The van der Waals surface area contributed by atoms with E-state index in [2.05, 4.69) is 31.9 Å². The fourth-order valence-electron chi connectivity index (χ4n) is 1.37. The van der Waals surface area contributed by atoms with Gasteiger partial charge in [0.1, 0.15) is 11.6 Å². The van der Waals surface area contributed by atoms with Crippen LogP contribution >= 0.6 is 15.9 Å². The van der Waals surface area contributed by atoms with E-state index < -0.39 is 5.91 Å². The van der Waals surface area contributed by atoms with Crippen LogP contribution in [0.2, 0.25) is 0 Å². The molecule has 0 unspecified atom stereocenters. The van der Waals surface area contributed by atoms with E-state index in [0.717, 1.165) is 4.47 Å². The summed E-state index contributed by atoms with van der Waals surface area (Å²) in [5, 5.41) is 17.0. The smallest absolute Gasteiger partial charge is 0.267 e. The van der Waals surface area contributed by atoms with E-state index in [1.165, 1.54) is 13.1 Å². The molecule has 3 N–H and O–H groups in total. The Balaban J connectivity index is 2.51. The quantitative estimate of drug-likeness (QED) is 0.412. The third kappa shape index (κ3) is 6.58. The van der Waals surface area contributed by atoms with Gasteiger partial charge in [0.15, 0.2) is 0 Å². The molecule has 0 aromatic heterocycles. The fourth-order valence-corrected chi connectivity index (χ4v) is 1.63. The second kappa shape index (κ2) is 8.76. The Labute approximate surface area is 131 Å². The third-order valence-corrected chi connectivity index (χ3v) is 2.89. The molecule has 110 valence electrons. The average molecular weight is 351 g/mol.